The van der Waals surface area contributed by atoms with Crippen LogP contribution < -0.4 is 10.6 Å². The summed E-state index contributed by atoms with van der Waals surface area (Å²) in [7, 11) is 0. The van der Waals surface area contributed by atoms with E-state index in [1.54, 1.807) is 0 Å². The quantitative estimate of drug-likeness (QED) is 0.495. The fourth-order valence-electron chi connectivity index (χ4n) is 4.12. The zero-order valence-corrected chi connectivity index (χ0v) is 22.0. The lowest BCUT2D eigenvalue weighted by Crippen LogP contribution is -2.43. The third kappa shape index (κ3) is 5.71. The van der Waals surface area contributed by atoms with Crippen molar-refractivity contribution >= 4 is 44.8 Å². The number of hydrogen-bond acceptors (Lipinski definition) is 7. The average Bonchev–Trinajstić information content (AvgIpc) is 3.30. The second-order valence-electron chi connectivity index (χ2n) is 9.00. The highest BCUT2D eigenvalue weighted by Gasteiger charge is 2.28. The van der Waals surface area contributed by atoms with Crippen LogP contribution in [0.3, 0.4) is 0 Å². The summed E-state index contributed by atoms with van der Waals surface area (Å²) in [6.45, 7) is 11.8. The molecule has 180 valence electrons. The van der Waals surface area contributed by atoms with Gasteiger partial charge < -0.3 is 10.6 Å². The molecule has 0 saturated carbocycles. The van der Waals surface area contributed by atoms with Crippen molar-refractivity contribution < 1.29 is 9.59 Å². The number of thiazole rings is 2. The summed E-state index contributed by atoms with van der Waals surface area (Å²) in [6.07, 6.45) is 1.69. The van der Waals surface area contributed by atoms with Crippen molar-refractivity contribution in [2.24, 2.45) is 5.92 Å². The molecule has 1 aliphatic rings. The number of nitrogens with zero attached hydrogens (tertiary/aromatic N) is 3. The minimum atomic E-state index is -0.167. The first-order chi connectivity index (χ1) is 16.2. The van der Waals surface area contributed by atoms with Crippen LogP contribution in [0.25, 0.3) is 11.3 Å². The van der Waals surface area contributed by atoms with Gasteiger partial charge in [-0.2, -0.15) is 0 Å². The molecule has 1 unspecified atom stereocenters. The van der Waals surface area contributed by atoms with Gasteiger partial charge in [0.15, 0.2) is 10.3 Å². The second-order valence-corrected chi connectivity index (χ2v) is 11.4. The van der Waals surface area contributed by atoms with Gasteiger partial charge in [0.05, 0.1) is 23.9 Å². The van der Waals surface area contributed by atoms with Crippen LogP contribution in [0.15, 0.2) is 18.2 Å². The van der Waals surface area contributed by atoms with E-state index >= 15 is 0 Å². The standard InChI is InChI=1S/C25H31N5O2S2/c1-14-8-9-19(11-15(14)2)22-18(5)34-25(28-22)29-23(32)20-7-6-10-30(12-20)13-21(31)27-24-26-16(3)17(4)33-24/h8-9,11,20H,6-7,10,12-13H2,1-5H3,(H,26,27,31)(H,28,29,32). The summed E-state index contributed by atoms with van der Waals surface area (Å²) in [5.74, 6) is -0.291. The van der Waals surface area contributed by atoms with Crippen LogP contribution in [-0.4, -0.2) is 46.3 Å². The maximum atomic E-state index is 13.0. The third-order valence-electron chi connectivity index (χ3n) is 6.33. The second kappa shape index (κ2) is 10.3. The van der Waals surface area contributed by atoms with Gasteiger partial charge in [0.25, 0.3) is 0 Å². The van der Waals surface area contributed by atoms with Crippen LogP contribution in [-0.2, 0) is 9.59 Å². The van der Waals surface area contributed by atoms with Crippen molar-refractivity contribution in [1.29, 1.82) is 0 Å². The number of rotatable bonds is 6. The zero-order chi connectivity index (χ0) is 24.4. The summed E-state index contributed by atoms with van der Waals surface area (Å²) in [5.41, 5.74) is 5.39. The highest BCUT2D eigenvalue weighted by atomic mass is 32.1. The van der Waals surface area contributed by atoms with Crippen LogP contribution in [0.1, 0.15) is 39.4 Å². The van der Waals surface area contributed by atoms with E-state index in [0.29, 0.717) is 16.8 Å². The van der Waals surface area contributed by atoms with Crippen molar-refractivity contribution in [3.63, 3.8) is 0 Å². The Morgan fingerprint density at radius 3 is 2.44 bits per heavy atom. The monoisotopic (exact) mass is 497 g/mol. The number of carbonyl (C=O) groups is 2. The van der Waals surface area contributed by atoms with Crippen LogP contribution >= 0.6 is 22.7 Å². The van der Waals surface area contributed by atoms with Gasteiger partial charge in [0.2, 0.25) is 11.8 Å². The molecule has 1 atom stereocenters. The lowest BCUT2D eigenvalue weighted by molar-refractivity contribution is -0.123. The minimum Gasteiger partial charge on any atom is -0.302 e. The Labute approximate surface area is 208 Å². The molecule has 3 aromatic rings. The SMILES string of the molecule is Cc1ccc(-c2nc(NC(=O)C3CCCN(CC(=O)Nc4nc(C)c(C)s4)C3)sc2C)cc1C. The van der Waals surface area contributed by atoms with E-state index in [-0.39, 0.29) is 24.3 Å². The smallest absolute Gasteiger partial charge is 0.240 e. The molecule has 3 heterocycles. The van der Waals surface area contributed by atoms with Gasteiger partial charge in [0, 0.05) is 21.9 Å². The summed E-state index contributed by atoms with van der Waals surface area (Å²) < 4.78 is 0. The van der Waals surface area contributed by atoms with Crippen LogP contribution in [0.5, 0.6) is 0 Å². The summed E-state index contributed by atoms with van der Waals surface area (Å²) >= 11 is 2.98. The molecule has 0 spiro atoms. The van der Waals surface area contributed by atoms with E-state index in [2.05, 4.69) is 47.7 Å². The maximum Gasteiger partial charge on any atom is 0.240 e. The summed E-state index contributed by atoms with van der Waals surface area (Å²) in [4.78, 5) is 38.8. The van der Waals surface area contributed by atoms with Crippen LogP contribution in [0, 0.1) is 40.5 Å². The molecule has 9 heteroatoms. The van der Waals surface area contributed by atoms with Gasteiger partial charge in [-0.05, 0) is 71.2 Å². The number of carbonyl (C=O) groups excluding carboxylic acids is 2. The van der Waals surface area contributed by atoms with Crippen molar-refractivity contribution in [2.75, 3.05) is 30.3 Å². The molecule has 2 N–H and O–H groups in total. The number of amides is 2. The molecule has 0 bridgehead atoms. The van der Waals surface area contributed by atoms with Crippen LogP contribution in [0.2, 0.25) is 0 Å². The lowest BCUT2D eigenvalue weighted by atomic mass is 9.97. The fourth-order valence-corrected chi connectivity index (χ4v) is 5.78. The fraction of sp³-hybridized carbons (Fsp3) is 0.440. The molecular formula is C25H31N5O2S2. The first-order valence-corrected chi connectivity index (χ1v) is 13.1. The number of aryl methyl sites for hydroxylation is 5. The molecule has 2 aromatic heterocycles. The Morgan fingerprint density at radius 1 is 1.00 bits per heavy atom. The minimum absolute atomic E-state index is 0.0309. The number of hydrogen-bond donors (Lipinski definition) is 2. The van der Waals surface area contributed by atoms with Crippen LogP contribution in [0.4, 0.5) is 10.3 Å². The number of aromatic nitrogens is 2. The Balaban J connectivity index is 1.35. The van der Waals surface area contributed by atoms with Gasteiger partial charge >= 0.3 is 0 Å². The predicted molar refractivity (Wildman–Crippen MR) is 140 cm³/mol. The Bertz CT molecular complexity index is 1200. The van der Waals surface area contributed by atoms with Crippen molar-refractivity contribution in [1.82, 2.24) is 14.9 Å². The maximum absolute atomic E-state index is 13.0. The molecule has 4 rings (SSSR count). The third-order valence-corrected chi connectivity index (χ3v) is 8.20. The molecule has 0 aliphatic carbocycles. The van der Waals surface area contributed by atoms with Crippen molar-refractivity contribution in [3.05, 3.63) is 44.8 Å². The van der Waals surface area contributed by atoms with Gasteiger partial charge in [0.1, 0.15) is 0 Å². The molecule has 34 heavy (non-hydrogen) atoms. The first-order valence-electron chi connectivity index (χ1n) is 11.5. The Hall–Kier alpha value is -2.62. The van der Waals surface area contributed by atoms with E-state index in [1.165, 1.54) is 33.8 Å². The molecule has 1 aromatic carbocycles. The largest absolute Gasteiger partial charge is 0.302 e. The topological polar surface area (TPSA) is 87.2 Å². The van der Waals surface area contributed by atoms with Crippen molar-refractivity contribution in [3.8, 4) is 11.3 Å². The molecule has 0 radical (unpaired) electrons. The highest BCUT2D eigenvalue weighted by molar-refractivity contribution is 7.16. The molecule has 1 aliphatic heterocycles. The van der Waals surface area contributed by atoms with Gasteiger partial charge in [-0.15, -0.1) is 22.7 Å². The lowest BCUT2D eigenvalue weighted by Gasteiger charge is -2.31. The van der Waals surface area contributed by atoms with E-state index < -0.39 is 0 Å². The van der Waals surface area contributed by atoms with Gasteiger partial charge in [-0.3, -0.25) is 14.5 Å². The first kappa shape index (κ1) is 24.5. The molecule has 2 amide bonds. The van der Waals surface area contributed by atoms with Crippen molar-refractivity contribution in [2.45, 2.75) is 47.5 Å². The van der Waals surface area contributed by atoms with E-state index in [0.717, 1.165) is 46.1 Å². The number of nitrogens with one attached hydrogen (secondary N) is 2. The van der Waals surface area contributed by atoms with Gasteiger partial charge in [-0.25, -0.2) is 9.97 Å². The summed E-state index contributed by atoms with van der Waals surface area (Å²) in [5, 5.41) is 7.16. The number of likely N-dealkylation sites (tertiary alicyclic amines) is 1. The Morgan fingerprint density at radius 2 is 1.74 bits per heavy atom. The normalized spacial score (nSPS) is 16.4. The molecule has 1 fully saturated rings. The molecule has 7 nitrogen and oxygen atoms in total. The predicted octanol–water partition coefficient (Wildman–Crippen LogP) is 5.10. The Kier molecular flexibility index (Phi) is 7.45. The average molecular weight is 498 g/mol. The van der Waals surface area contributed by atoms with E-state index in [1.807, 2.05) is 25.7 Å². The summed E-state index contributed by atoms with van der Waals surface area (Å²) in [6, 6.07) is 6.32. The number of piperidine rings is 1. The van der Waals surface area contributed by atoms with E-state index in [9.17, 15) is 9.59 Å². The molecular weight excluding hydrogens is 466 g/mol. The van der Waals surface area contributed by atoms with Gasteiger partial charge in [-0.1, -0.05) is 12.1 Å². The zero-order valence-electron chi connectivity index (χ0n) is 20.3. The highest BCUT2D eigenvalue weighted by Crippen LogP contribution is 2.32. The number of anilines is 2. The van der Waals surface area contributed by atoms with E-state index in [4.69, 9.17) is 4.98 Å². The molecule has 1 saturated heterocycles. The number of benzene rings is 1.